The van der Waals surface area contributed by atoms with Crippen LogP contribution in [0.3, 0.4) is 0 Å². The predicted molar refractivity (Wildman–Crippen MR) is 225 cm³/mol. The second kappa shape index (κ2) is 12.2. The Morgan fingerprint density at radius 3 is 1.81 bits per heavy atom. The zero-order valence-corrected chi connectivity index (χ0v) is 30.3. The summed E-state index contributed by atoms with van der Waals surface area (Å²) in [6, 6.07) is 54.4. The van der Waals surface area contributed by atoms with Crippen molar-refractivity contribution in [2.75, 3.05) is 0 Å². The third-order valence-corrected chi connectivity index (χ3v) is 12.5. The molecule has 0 aliphatic heterocycles. The monoisotopic (exact) mass is 682 g/mol. The van der Waals surface area contributed by atoms with Gasteiger partial charge in [0.15, 0.2) is 0 Å². The molecular formula is C51H38S. The fourth-order valence-electron chi connectivity index (χ4n) is 8.84. The van der Waals surface area contributed by atoms with Gasteiger partial charge in [0.05, 0.1) is 0 Å². The van der Waals surface area contributed by atoms with Gasteiger partial charge in [0.2, 0.25) is 0 Å². The summed E-state index contributed by atoms with van der Waals surface area (Å²) in [5.74, 6) is 0. The highest BCUT2D eigenvalue weighted by Gasteiger charge is 2.37. The highest BCUT2D eigenvalue weighted by atomic mass is 32.1. The average Bonchev–Trinajstić information content (AvgIpc) is 3.66. The molecule has 0 spiro atoms. The van der Waals surface area contributed by atoms with E-state index in [1.165, 1.54) is 97.0 Å². The van der Waals surface area contributed by atoms with Crippen LogP contribution in [0.4, 0.5) is 0 Å². The van der Waals surface area contributed by atoms with E-state index in [1.807, 2.05) is 11.3 Å². The first-order valence-corrected chi connectivity index (χ1v) is 19.2. The molecule has 0 amide bonds. The van der Waals surface area contributed by atoms with E-state index < -0.39 is 0 Å². The molecule has 52 heavy (non-hydrogen) atoms. The van der Waals surface area contributed by atoms with Crippen molar-refractivity contribution in [1.29, 1.82) is 0 Å². The SMILES string of the molecule is CC1(C)c2ccccc2-c2cc(-c3ccc(C4=c5cccc/c5=C(c5ccccc5)/C=C/CCC=C4)cc3)c3cc4c(cc3c21)sc1ccccc14. The highest BCUT2D eigenvalue weighted by Crippen LogP contribution is 2.54. The zero-order chi connectivity index (χ0) is 34.8. The van der Waals surface area contributed by atoms with Gasteiger partial charge < -0.3 is 0 Å². The molecule has 0 saturated carbocycles. The second-order valence-electron chi connectivity index (χ2n) is 14.7. The molecule has 1 aromatic heterocycles. The predicted octanol–water partition coefficient (Wildman–Crippen LogP) is 12.5. The first kappa shape index (κ1) is 31.0. The molecule has 0 bridgehead atoms. The summed E-state index contributed by atoms with van der Waals surface area (Å²) in [6.45, 7) is 4.80. The summed E-state index contributed by atoms with van der Waals surface area (Å²) in [5.41, 5.74) is 13.0. The van der Waals surface area contributed by atoms with E-state index in [9.17, 15) is 0 Å². The van der Waals surface area contributed by atoms with E-state index in [-0.39, 0.29) is 5.41 Å². The number of hydrogen-bond acceptors (Lipinski definition) is 1. The van der Waals surface area contributed by atoms with Gasteiger partial charge >= 0.3 is 0 Å². The lowest BCUT2D eigenvalue weighted by atomic mass is 9.79. The number of fused-ring (bicyclic) bond motifs is 9. The summed E-state index contributed by atoms with van der Waals surface area (Å²) in [4.78, 5) is 0. The Morgan fingerprint density at radius 1 is 0.442 bits per heavy atom. The van der Waals surface area contributed by atoms with Crippen molar-refractivity contribution in [3.05, 3.63) is 203 Å². The first-order chi connectivity index (χ1) is 25.6. The van der Waals surface area contributed by atoms with Crippen LogP contribution in [-0.2, 0) is 5.41 Å². The average molecular weight is 683 g/mol. The van der Waals surface area contributed by atoms with Crippen LogP contribution in [0.5, 0.6) is 0 Å². The molecule has 0 atom stereocenters. The fraction of sp³-hybridized carbons (Fsp3) is 0.0980. The standard InChI is InChI=1S/C51H38S/c1-51(2)47-24-14-12-22-40(47)45-30-42(43-31-44-41-23-13-15-25-48(41)52-49(44)32-46(43)50(45)51)35-28-26-34(27-29-35)37-19-9-4-3-8-18-36(33-16-6-5-7-17-33)38-20-10-11-21-39(37)38/h5-32H,3-4H2,1-2H3/b18-8+,19-9?,38-36+,39-37?. The maximum atomic E-state index is 2.49. The number of rotatable bonds is 3. The van der Waals surface area contributed by atoms with Crippen molar-refractivity contribution in [3.8, 4) is 22.3 Å². The molecule has 8 aromatic rings. The van der Waals surface area contributed by atoms with Gasteiger partial charge in [-0.1, -0.05) is 159 Å². The summed E-state index contributed by atoms with van der Waals surface area (Å²) >= 11 is 1.91. The van der Waals surface area contributed by atoms with E-state index in [0.717, 1.165) is 12.8 Å². The van der Waals surface area contributed by atoms with Crippen molar-refractivity contribution in [1.82, 2.24) is 0 Å². The molecule has 0 unspecified atom stereocenters. The largest absolute Gasteiger partial charge is 0.135 e. The molecule has 0 fully saturated rings. The summed E-state index contributed by atoms with van der Waals surface area (Å²) in [6.07, 6.45) is 11.3. The Hall–Kier alpha value is -5.76. The topological polar surface area (TPSA) is 0 Å². The van der Waals surface area contributed by atoms with E-state index in [0.29, 0.717) is 0 Å². The number of benzene rings is 7. The van der Waals surface area contributed by atoms with Crippen molar-refractivity contribution in [2.24, 2.45) is 0 Å². The molecule has 0 radical (unpaired) electrons. The molecule has 2 aliphatic carbocycles. The second-order valence-corrected chi connectivity index (χ2v) is 15.8. The van der Waals surface area contributed by atoms with Crippen LogP contribution in [0, 0.1) is 0 Å². The molecule has 1 heteroatoms. The lowest BCUT2D eigenvalue weighted by Crippen LogP contribution is -2.29. The Labute approximate surface area is 309 Å². The van der Waals surface area contributed by atoms with Crippen molar-refractivity contribution < 1.29 is 0 Å². The van der Waals surface area contributed by atoms with Crippen LogP contribution in [0.15, 0.2) is 170 Å². The maximum absolute atomic E-state index is 2.49. The Balaban J connectivity index is 1.22. The van der Waals surface area contributed by atoms with E-state index >= 15 is 0 Å². The normalized spacial score (nSPS) is 16.5. The first-order valence-electron chi connectivity index (χ1n) is 18.4. The minimum absolute atomic E-state index is 0.0894. The van der Waals surface area contributed by atoms with Gasteiger partial charge in [0.25, 0.3) is 0 Å². The quantitative estimate of drug-likeness (QED) is 0.174. The molecule has 1 heterocycles. The molecule has 0 nitrogen and oxygen atoms in total. The van der Waals surface area contributed by atoms with Gasteiger partial charge in [-0.25, -0.2) is 0 Å². The van der Waals surface area contributed by atoms with E-state index in [1.54, 1.807) is 0 Å². The smallest absolute Gasteiger partial charge is 0.0361 e. The highest BCUT2D eigenvalue weighted by molar-refractivity contribution is 7.25. The Morgan fingerprint density at radius 2 is 1.06 bits per heavy atom. The van der Waals surface area contributed by atoms with Crippen LogP contribution in [0.1, 0.15) is 48.9 Å². The summed E-state index contributed by atoms with van der Waals surface area (Å²) in [7, 11) is 0. The minimum Gasteiger partial charge on any atom is -0.135 e. The molecular weight excluding hydrogens is 645 g/mol. The lowest BCUT2D eigenvalue weighted by molar-refractivity contribution is 0.666. The molecule has 248 valence electrons. The van der Waals surface area contributed by atoms with E-state index in [2.05, 4.69) is 184 Å². The summed E-state index contributed by atoms with van der Waals surface area (Å²) < 4.78 is 2.70. The number of hydrogen-bond donors (Lipinski definition) is 0. The Kier molecular flexibility index (Phi) is 7.27. The zero-order valence-electron chi connectivity index (χ0n) is 29.5. The van der Waals surface area contributed by atoms with E-state index in [4.69, 9.17) is 0 Å². The van der Waals surface area contributed by atoms with Gasteiger partial charge in [-0.3, -0.25) is 0 Å². The molecule has 0 saturated heterocycles. The molecule has 2 aliphatic rings. The summed E-state index contributed by atoms with van der Waals surface area (Å²) in [5, 5.41) is 7.89. The van der Waals surface area contributed by atoms with Gasteiger partial charge in [0, 0.05) is 25.6 Å². The van der Waals surface area contributed by atoms with Crippen LogP contribution in [0.2, 0.25) is 0 Å². The maximum Gasteiger partial charge on any atom is 0.0361 e. The minimum atomic E-state index is -0.0894. The van der Waals surface area contributed by atoms with Gasteiger partial charge in [-0.2, -0.15) is 0 Å². The number of allylic oxidation sites excluding steroid dienone is 4. The Bertz CT molecular complexity index is 2900. The third kappa shape index (κ3) is 4.88. The van der Waals surface area contributed by atoms with Gasteiger partial charge in [-0.05, 0) is 114 Å². The van der Waals surface area contributed by atoms with Crippen molar-refractivity contribution in [2.45, 2.75) is 32.1 Å². The number of thiophene rings is 1. The van der Waals surface area contributed by atoms with Crippen LogP contribution < -0.4 is 10.4 Å². The van der Waals surface area contributed by atoms with Crippen molar-refractivity contribution in [3.63, 3.8) is 0 Å². The molecule has 0 N–H and O–H groups in total. The lowest BCUT2D eigenvalue weighted by Gasteiger charge is -2.24. The van der Waals surface area contributed by atoms with Crippen LogP contribution in [0.25, 0.3) is 64.3 Å². The van der Waals surface area contributed by atoms with Crippen molar-refractivity contribution >= 4 is 53.4 Å². The van der Waals surface area contributed by atoms with Crippen LogP contribution >= 0.6 is 11.3 Å². The van der Waals surface area contributed by atoms with Gasteiger partial charge in [-0.15, -0.1) is 11.3 Å². The molecule has 7 aromatic carbocycles. The fourth-order valence-corrected chi connectivity index (χ4v) is 9.97. The van der Waals surface area contributed by atoms with Gasteiger partial charge in [0.1, 0.15) is 0 Å². The third-order valence-electron chi connectivity index (χ3n) is 11.3. The van der Waals surface area contributed by atoms with Crippen LogP contribution in [-0.4, -0.2) is 0 Å². The molecule has 10 rings (SSSR count).